The van der Waals surface area contributed by atoms with Crippen molar-refractivity contribution >= 4 is 44.2 Å². The van der Waals surface area contributed by atoms with Crippen LogP contribution in [0.4, 0.5) is 17.1 Å². The van der Waals surface area contributed by atoms with Gasteiger partial charge in [-0.15, -0.1) is 0 Å². The van der Waals surface area contributed by atoms with Crippen molar-refractivity contribution in [2.75, 3.05) is 4.90 Å². The first kappa shape index (κ1) is 35.3. The summed E-state index contributed by atoms with van der Waals surface area (Å²) in [6.45, 7) is 4.82. The summed E-state index contributed by atoms with van der Waals surface area (Å²) in [4.78, 5) is 2.47. The number of fused-ring (bicyclic) bond motifs is 15. The van der Waals surface area contributed by atoms with Crippen molar-refractivity contribution in [2.45, 2.75) is 37.5 Å². The van der Waals surface area contributed by atoms with E-state index in [-0.39, 0.29) is 5.41 Å². The van der Waals surface area contributed by atoms with Gasteiger partial charge in [0.2, 0.25) is 0 Å². The molecule has 1 spiro atoms. The first-order valence-corrected chi connectivity index (χ1v) is 22.0. The smallest absolute Gasteiger partial charge is 0.140 e. The summed E-state index contributed by atoms with van der Waals surface area (Å²) in [7, 11) is 0. The van der Waals surface area contributed by atoms with Crippen molar-refractivity contribution in [1.82, 2.24) is 0 Å². The van der Waals surface area contributed by atoms with E-state index in [1.807, 2.05) is 0 Å². The Morgan fingerprint density at radius 3 is 1.85 bits per heavy atom. The fraction of sp³-hybridized carbons (Fsp3) is 0.100. The molecule has 0 amide bonds. The number of ether oxygens (including phenoxy) is 1. The molecule has 13 rings (SSSR count). The Labute approximate surface area is 362 Å². The topological polar surface area (TPSA) is 12.5 Å². The van der Waals surface area contributed by atoms with Gasteiger partial charge >= 0.3 is 0 Å². The van der Waals surface area contributed by atoms with E-state index in [1.54, 1.807) is 5.57 Å². The molecule has 3 aliphatic carbocycles. The van der Waals surface area contributed by atoms with E-state index in [1.165, 1.54) is 72.0 Å². The van der Waals surface area contributed by atoms with Gasteiger partial charge in [-0.3, -0.25) is 0 Å². The van der Waals surface area contributed by atoms with E-state index in [4.69, 9.17) is 4.74 Å². The van der Waals surface area contributed by atoms with Gasteiger partial charge in [0.05, 0.1) is 11.1 Å². The summed E-state index contributed by atoms with van der Waals surface area (Å²) in [5.41, 5.74) is 18.3. The van der Waals surface area contributed by atoms with Gasteiger partial charge in [-0.1, -0.05) is 183 Å². The van der Waals surface area contributed by atoms with Crippen LogP contribution in [-0.2, 0) is 10.8 Å². The predicted octanol–water partition coefficient (Wildman–Crippen LogP) is 16.0. The molecule has 0 fully saturated rings. The second-order valence-corrected chi connectivity index (χ2v) is 17.9. The zero-order valence-electron chi connectivity index (χ0n) is 34.8. The Hall–Kier alpha value is -7.42. The number of rotatable bonds is 4. The highest BCUT2D eigenvalue weighted by atomic mass is 16.5. The maximum Gasteiger partial charge on any atom is 0.140 e. The van der Waals surface area contributed by atoms with Gasteiger partial charge in [0.1, 0.15) is 11.5 Å². The Bertz CT molecular complexity index is 3340. The molecule has 1 aliphatic heterocycles. The van der Waals surface area contributed by atoms with E-state index in [2.05, 4.69) is 219 Å². The van der Waals surface area contributed by atoms with Crippen molar-refractivity contribution in [2.24, 2.45) is 0 Å². The molecular formula is C60H43NO. The minimum Gasteiger partial charge on any atom is -0.455 e. The molecule has 0 atom stereocenters. The molecule has 9 aromatic carbocycles. The zero-order valence-corrected chi connectivity index (χ0v) is 34.8. The standard InChI is InChI=1S/C60H43NO/c1-59(2)50-25-13-10-23-46(50)48-33-31-42(37-54(48)59)61(41-18-4-3-5-19-41)56-27-15-12-20-43(56)40-28-32-49-47-24-11-14-26-51(47)60(55(49)36-40)52-34-29-38-16-6-8-21-44(38)57(52)62-58-45-22-9-7-17-39(45)30-35-53(58)60/h3-12,14-24,26-37H,13,25H2,1-2H3. The molecule has 0 unspecified atom stereocenters. The van der Waals surface area contributed by atoms with E-state index in [0.717, 1.165) is 52.2 Å². The molecule has 2 heteroatoms. The number of hydrogen-bond donors (Lipinski definition) is 0. The number of para-hydroxylation sites is 2. The molecule has 9 aromatic rings. The van der Waals surface area contributed by atoms with Crippen LogP contribution in [0.5, 0.6) is 11.5 Å². The highest BCUT2D eigenvalue weighted by Gasteiger charge is 2.52. The lowest BCUT2D eigenvalue weighted by Crippen LogP contribution is -2.32. The fourth-order valence-electron chi connectivity index (χ4n) is 11.6. The third-order valence-electron chi connectivity index (χ3n) is 14.4. The molecule has 0 bridgehead atoms. The van der Waals surface area contributed by atoms with Crippen molar-refractivity contribution in [1.29, 1.82) is 0 Å². The third-order valence-corrected chi connectivity index (χ3v) is 14.4. The first-order chi connectivity index (χ1) is 30.5. The van der Waals surface area contributed by atoms with Crippen LogP contribution < -0.4 is 9.64 Å². The first-order valence-electron chi connectivity index (χ1n) is 22.0. The Kier molecular flexibility index (Phi) is 7.43. The van der Waals surface area contributed by atoms with Crippen molar-refractivity contribution in [3.05, 3.63) is 239 Å². The van der Waals surface area contributed by atoms with E-state index < -0.39 is 5.41 Å². The third kappa shape index (κ3) is 4.75. The van der Waals surface area contributed by atoms with Gasteiger partial charge in [0.25, 0.3) is 0 Å². The summed E-state index contributed by atoms with van der Waals surface area (Å²) >= 11 is 0. The van der Waals surface area contributed by atoms with Gasteiger partial charge < -0.3 is 9.64 Å². The van der Waals surface area contributed by atoms with Crippen LogP contribution in [0, 0.1) is 0 Å². The second-order valence-electron chi connectivity index (χ2n) is 17.9. The van der Waals surface area contributed by atoms with Crippen LogP contribution in [0.25, 0.3) is 49.4 Å². The van der Waals surface area contributed by atoms with Crippen LogP contribution in [0.2, 0.25) is 0 Å². The number of allylic oxidation sites excluding steroid dienone is 4. The van der Waals surface area contributed by atoms with Crippen LogP contribution in [0.15, 0.2) is 206 Å². The van der Waals surface area contributed by atoms with Crippen LogP contribution in [0.3, 0.4) is 0 Å². The highest BCUT2D eigenvalue weighted by molar-refractivity contribution is 6.01. The average molecular weight is 794 g/mol. The van der Waals surface area contributed by atoms with E-state index in [0.29, 0.717) is 0 Å². The number of nitrogens with zero attached hydrogens (tertiary/aromatic N) is 1. The van der Waals surface area contributed by atoms with Gasteiger partial charge in [-0.05, 0) is 105 Å². The minimum atomic E-state index is -0.626. The molecule has 294 valence electrons. The Balaban J connectivity index is 1.06. The van der Waals surface area contributed by atoms with Gasteiger partial charge in [0.15, 0.2) is 0 Å². The fourth-order valence-corrected chi connectivity index (χ4v) is 11.6. The number of benzene rings is 9. The molecule has 4 aliphatic rings. The summed E-state index contributed by atoms with van der Waals surface area (Å²) in [6, 6.07) is 69.8. The molecular weight excluding hydrogens is 751 g/mol. The largest absolute Gasteiger partial charge is 0.455 e. The lowest BCUT2D eigenvalue weighted by Gasteiger charge is -2.40. The zero-order chi connectivity index (χ0) is 41.2. The monoisotopic (exact) mass is 793 g/mol. The van der Waals surface area contributed by atoms with E-state index in [9.17, 15) is 0 Å². The number of hydrogen-bond acceptors (Lipinski definition) is 2. The molecule has 0 aromatic heterocycles. The SMILES string of the molecule is CC1(C)C2=C(C=CCC2)c2ccc(N(c3ccccc3)c3ccccc3-c3ccc4c(c3)C3(c5ccccc5-4)c4ccc5ccccc5c4Oc4c3ccc3ccccc43)cc21. The highest BCUT2D eigenvalue weighted by Crippen LogP contribution is 2.64. The molecule has 0 saturated heterocycles. The molecule has 1 heterocycles. The predicted molar refractivity (Wildman–Crippen MR) is 257 cm³/mol. The molecule has 0 saturated carbocycles. The number of anilines is 3. The minimum absolute atomic E-state index is 0.0381. The van der Waals surface area contributed by atoms with Crippen molar-refractivity contribution in [3.8, 4) is 33.8 Å². The maximum atomic E-state index is 7.25. The van der Waals surface area contributed by atoms with Crippen LogP contribution in [0.1, 0.15) is 60.1 Å². The average Bonchev–Trinajstić information content (AvgIpc) is 3.74. The van der Waals surface area contributed by atoms with Gasteiger partial charge in [-0.25, -0.2) is 0 Å². The molecule has 0 radical (unpaired) electrons. The molecule has 2 nitrogen and oxygen atoms in total. The van der Waals surface area contributed by atoms with E-state index >= 15 is 0 Å². The lowest BCUT2D eigenvalue weighted by molar-refractivity contribution is 0.447. The quantitative estimate of drug-likeness (QED) is 0.176. The summed E-state index contributed by atoms with van der Waals surface area (Å²) in [5, 5.41) is 4.59. The molecule has 62 heavy (non-hydrogen) atoms. The summed E-state index contributed by atoms with van der Waals surface area (Å²) < 4.78 is 7.25. The molecule has 0 N–H and O–H groups in total. The Morgan fingerprint density at radius 2 is 1.10 bits per heavy atom. The lowest BCUT2D eigenvalue weighted by atomic mass is 9.65. The maximum absolute atomic E-state index is 7.25. The van der Waals surface area contributed by atoms with Crippen LogP contribution >= 0.6 is 0 Å². The Morgan fingerprint density at radius 1 is 0.468 bits per heavy atom. The van der Waals surface area contributed by atoms with Crippen molar-refractivity contribution < 1.29 is 4.74 Å². The summed E-state index contributed by atoms with van der Waals surface area (Å²) in [6.07, 6.45) is 6.92. The normalized spacial score (nSPS) is 15.7. The van der Waals surface area contributed by atoms with Crippen LogP contribution in [-0.4, -0.2) is 0 Å². The second kappa shape index (κ2) is 13.0. The van der Waals surface area contributed by atoms with Gasteiger partial charge in [0, 0.05) is 44.3 Å². The van der Waals surface area contributed by atoms with Crippen molar-refractivity contribution in [3.63, 3.8) is 0 Å². The van der Waals surface area contributed by atoms with Gasteiger partial charge in [-0.2, -0.15) is 0 Å². The summed E-state index contributed by atoms with van der Waals surface area (Å²) in [5.74, 6) is 1.86.